The SMILES string of the molecule is N#Cc1c(CCCNC(=O)[C@@H]2CC=CC[C@H]2C(=O)NC2CC2)nn(-c2ccccc2)c1N. The summed E-state index contributed by atoms with van der Waals surface area (Å²) in [5, 5.41) is 20.0. The molecule has 2 amide bonds. The highest BCUT2D eigenvalue weighted by molar-refractivity contribution is 5.88. The van der Waals surface area contributed by atoms with Gasteiger partial charge in [-0.2, -0.15) is 10.4 Å². The van der Waals surface area contributed by atoms with Crippen LogP contribution in [0.3, 0.4) is 0 Å². The van der Waals surface area contributed by atoms with Crippen molar-refractivity contribution in [3.63, 3.8) is 0 Å². The first kappa shape index (κ1) is 21.6. The molecule has 166 valence electrons. The average molecular weight is 433 g/mol. The number of amides is 2. The molecule has 4 rings (SSSR count). The van der Waals surface area contributed by atoms with Crippen molar-refractivity contribution in [1.29, 1.82) is 5.26 Å². The Morgan fingerprint density at radius 1 is 1.12 bits per heavy atom. The van der Waals surface area contributed by atoms with Gasteiger partial charge in [-0.1, -0.05) is 30.4 Å². The highest BCUT2D eigenvalue weighted by Crippen LogP contribution is 2.28. The third-order valence-electron chi connectivity index (χ3n) is 6.03. The molecule has 0 radical (unpaired) electrons. The number of aromatic nitrogens is 2. The maximum Gasteiger partial charge on any atom is 0.224 e. The van der Waals surface area contributed by atoms with Crippen molar-refractivity contribution < 1.29 is 9.59 Å². The second kappa shape index (κ2) is 9.69. The molecule has 0 bridgehead atoms. The summed E-state index contributed by atoms with van der Waals surface area (Å²) in [6.07, 6.45) is 8.32. The second-order valence-corrected chi connectivity index (χ2v) is 8.40. The lowest BCUT2D eigenvalue weighted by atomic mass is 9.81. The molecule has 2 aliphatic rings. The number of nitrogens with two attached hydrogens (primary N) is 1. The predicted octanol–water partition coefficient (Wildman–Crippen LogP) is 2.24. The number of carbonyl (C=O) groups is 2. The maximum atomic E-state index is 12.8. The zero-order chi connectivity index (χ0) is 22.5. The molecule has 1 saturated carbocycles. The Bertz CT molecular complexity index is 1050. The van der Waals surface area contributed by atoms with Crippen molar-refractivity contribution in [1.82, 2.24) is 20.4 Å². The van der Waals surface area contributed by atoms with E-state index in [1.165, 1.54) is 0 Å². The Hall–Kier alpha value is -3.60. The van der Waals surface area contributed by atoms with Crippen molar-refractivity contribution in [3.05, 3.63) is 53.7 Å². The van der Waals surface area contributed by atoms with E-state index >= 15 is 0 Å². The van der Waals surface area contributed by atoms with Gasteiger partial charge < -0.3 is 16.4 Å². The molecule has 4 N–H and O–H groups in total. The van der Waals surface area contributed by atoms with Crippen molar-refractivity contribution in [2.45, 2.75) is 44.6 Å². The van der Waals surface area contributed by atoms with E-state index in [4.69, 9.17) is 5.73 Å². The number of allylic oxidation sites excluding steroid dienone is 2. The van der Waals surface area contributed by atoms with E-state index < -0.39 is 0 Å². The van der Waals surface area contributed by atoms with Gasteiger partial charge in [-0.15, -0.1) is 0 Å². The molecule has 0 saturated heterocycles. The number of nitrogens with one attached hydrogen (secondary N) is 2. The minimum Gasteiger partial charge on any atom is -0.382 e. The Morgan fingerprint density at radius 3 is 2.47 bits per heavy atom. The number of anilines is 1. The lowest BCUT2D eigenvalue weighted by Gasteiger charge is -2.26. The molecule has 8 nitrogen and oxygen atoms in total. The van der Waals surface area contributed by atoms with Crippen molar-refractivity contribution in [3.8, 4) is 11.8 Å². The van der Waals surface area contributed by atoms with Crippen LogP contribution in [-0.4, -0.2) is 34.2 Å². The Balaban J connectivity index is 1.33. The molecule has 0 aliphatic heterocycles. The number of nitriles is 1. The summed E-state index contributed by atoms with van der Waals surface area (Å²) in [6.45, 7) is 0.443. The topological polar surface area (TPSA) is 126 Å². The number of nitrogen functional groups attached to an aromatic ring is 1. The average Bonchev–Trinajstić information content (AvgIpc) is 3.58. The highest BCUT2D eigenvalue weighted by Gasteiger charge is 2.36. The maximum absolute atomic E-state index is 12.8. The molecule has 1 aromatic heterocycles. The highest BCUT2D eigenvalue weighted by atomic mass is 16.2. The number of hydrogen-bond acceptors (Lipinski definition) is 5. The van der Waals surface area contributed by atoms with E-state index in [1.54, 1.807) is 4.68 Å². The van der Waals surface area contributed by atoms with Crippen LogP contribution >= 0.6 is 0 Å². The summed E-state index contributed by atoms with van der Waals surface area (Å²) in [5.74, 6) is -0.456. The van der Waals surface area contributed by atoms with Crippen LogP contribution in [-0.2, 0) is 16.0 Å². The summed E-state index contributed by atoms with van der Waals surface area (Å²) in [6, 6.07) is 11.9. The number of rotatable bonds is 8. The van der Waals surface area contributed by atoms with Gasteiger partial charge in [0, 0.05) is 12.6 Å². The predicted molar refractivity (Wildman–Crippen MR) is 121 cm³/mol. The standard InChI is InChI=1S/C24H28N6O2/c25-15-20-21(29-30(22(20)26)17-7-2-1-3-8-17)11-6-14-27-23(31)18-9-4-5-10-19(18)24(32)28-16-12-13-16/h1-5,7-8,16,18-19H,6,9-14,26H2,(H,27,31)(H,28,32)/t18-,19-/m1/s1. The summed E-state index contributed by atoms with van der Waals surface area (Å²) < 4.78 is 1.57. The molecule has 2 atom stereocenters. The van der Waals surface area contributed by atoms with Crippen molar-refractivity contribution >= 4 is 17.6 Å². The van der Waals surface area contributed by atoms with E-state index in [9.17, 15) is 14.9 Å². The number of benzene rings is 1. The monoisotopic (exact) mass is 432 g/mol. The van der Waals surface area contributed by atoms with Gasteiger partial charge in [-0.25, -0.2) is 4.68 Å². The third kappa shape index (κ3) is 4.83. The summed E-state index contributed by atoms with van der Waals surface area (Å²) in [4.78, 5) is 25.3. The van der Waals surface area contributed by atoms with Crippen LogP contribution in [0.2, 0.25) is 0 Å². The fourth-order valence-electron chi connectivity index (χ4n) is 4.07. The lowest BCUT2D eigenvalue weighted by Crippen LogP contribution is -2.43. The molecule has 1 heterocycles. The molecular weight excluding hydrogens is 404 g/mol. The summed E-state index contributed by atoms with van der Waals surface area (Å²) >= 11 is 0. The lowest BCUT2D eigenvalue weighted by molar-refractivity contribution is -0.135. The summed E-state index contributed by atoms with van der Waals surface area (Å²) in [5.41, 5.74) is 7.92. The number of para-hydroxylation sites is 1. The van der Waals surface area contributed by atoms with E-state index in [0.29, 0.717) is 49.3 Å². The molecule has 32 heavy (non-hydrogen) atoms. The largest absolute Gasteiger partial charge is 0.382 e. The van der Waals surface area contributed by atoms with Gasteiger partial charge in [0.25, 0.3) is 0 Å². The molecule has 1 fully saturated rings. The van der Waals surface area contributed by atoms with Crippen LogP contribution in [0, 0.1) is 23.2 Å². The molecule has 8 heteroatoms. The molecule has 0 unspecified atom stereocenters. The summed E-state index contributed by atoms with van der Waals surface area (Å²) in [7, 11) is 0. The van der Waals surface area contributed by atoms with Crippen LogP contribution in [0.5, 0.6) is 0 Å². The van der Waals surface area contributed by atoms with Crippen LogP contribution in [0.15, 0.2) is 42.5 Å². The van der Waals surface area contributed by atoms with Gasteiger partial charge in [0.15, 0.2) is 0 Å². The van der Waals surface area contributed by atoms with E-state index in [1.807, 2.05) is 42.5 Å². The zero-order valence-electron chi connectivity index (χ0n) is 18.0. The molecule has 0 spiro atoms. The second-order valence-electron chi connectivity index (χ2n) is 8.40. The van der Waals surface area contributed by atoms with E-state index in [2.05, 4.69) is 21.8 Å². The number of carbonyl (C=O) groups excluding carboxylic acids is 2. The van der Waals surface area contributed by atoms with Crippen LogP contribution in [0.25, 0.3) is 5.69 Å². The smallest absolute Gasteiger partial charge is 0.224 e. The molecule has 1 aromatic carbocycles. The zero-order valence-corrected chi connectivity index (χ0v) is 18.0. The first-order valence-electron chi connectivity index (χ1n) is 11.1. The fraction of sp³-hybridized carbons (Fsp3) is 0.417. The van der Waals surface area contributed by atoms with Crippen LogP contribution < -0.4 is 16.4 Å². The van der Waals surface area contributed by atoms with Gasteiger partial charge in [0.1, 0.15) is 17.5 Å². The van der Waals surface area contributed by atoms with E-state index in [0.717, 1.165) is 18.5 Å². The van der Waals surface area contributed by atoms with Gasteiger partial charge in [0.2, 0.25) is 11.8 Å². The number of nitrogens with zero attached hydrogens (tertiary/aromatic N) is 3. The van der Waals surface area contributed by atoms with E-state index in [-0.39, 0.29) is 29.7 Å². The normalized spacial score (nSPS) is 19.8. The Labute approximate surface area is 187 Å². The van der Waals surface area contributed by atoms with Gasteiger partial charge >= 0.3 is 0 Å². The molecular formula is C24H28N6O2. The third-order valence-corrected chi connectivity index (χ3v) is 6.03. The molecule has 2 aliphatic carbocycles. The Kier molecular flexibility index (Phi) is 6.55. The number of aryl methyl sites for hydroxylation is 1. The van der Waals surface area contributed by atoms with Gasteiger partial charge in [-0.3, -0.25) is 9.59 Å². The van der Waals surface area contributed by atoms with Crippen LogP contribution in [0.1, 0.15) is 43.4 Å². The van der Waals surface area contributed by atoms with Gasteiger partial charge in [-0.05, 0) is 50.7 Å². The minimum absolute atomic E-state index is 0.0161. The van der Waals surface area contributed by atoms with Crippen molar-refractivity contribution in [2.75, 3.05) is 12.3 Å². The quantitative estimate of drug-likeness (QED) is 0.436. The first-order chi connectivity index (χ1) is 15.6. The fourth-order valence-corrected chi connectivity index (χ4v) is 4.07. The minimum atomic E-state index is -0.346. The Morgan fingerprint density at radius 2 is 1.81 bits per heavy atom. The van der Waals surface area contributed by atoms with Gasteiger partial charge in [0.05, 0.1) is 23.2 Å². The molecule has 2 aromatic rings. The van der Waals surface area contributed by atoms with Crippen LogP contribution in [0.4, 0.5) is 5.82 Å². The number of hydrogen-bond donors (Lipinski definition) is 3. The van der Waals surface area contributed by atoms with Crippen molar-refractivity contribution in [2.24, 2.45) is 11.8 Å². The first-order valence-corrected chi connectivity index (χ1v) is 11.1.